The van der Waals surface area contributed by atoms with Gasteiger partial charge in [0.05, 0.1) is 11.1 Å². The van der Waals surface area contributed by atoms with Crippen LogP contribution in [0.15, 0.2) is 66.9 Å². The van der Waals surface area contributed by atoms with Crippen molar-refractivity contribution in [3.63, 3.8) is 0 Å². The van der Waals surface area contributed by atoms with Crippen molar-refractivity contribution in [3.05, 3.63) is 89.2 Å². The summed E-state index contributed by atoms with van der Waals surface area (Å²) in [5.74, 6) is 0. The molecule has 2 aliphatic rings. The third kappa shape index (κ3) is 1.25. The van der Waals surface area contributed by atoms with Gasteiger partial charge >= 0.3 is 0 Å². The summed E-state index contributed by atoms with van der Waals surface area (Å²) in [5, 5.41) is 0. The Hall–Kier alpha value is -2.41. The molecule has 3 aromatic rings. The van der Waals surface area contributed by atoms with Crippen LogP contribution in [-0.4, -0.2) is 4.98 Å². The minimum Gasteiger partial charge on any atom is -0.260 e. The Labute approximate surface area is 124 Å². The summed E-state index contributed by atoms with van der Waals surface area (Å²) in [4.78, 5) is 4.79. The molecular weight excluding hydrogens is 254 g/mol. The summed E-state index contributed by atoms with van der Waals surface area (Å²) in [5.41, 5.74) is 8.28. The van der Waals surface area contributed by atoms with E-state index in [1.165, 1.54) is 33.5 Å². The monoisotopic (exact) mass is 269 g/mol. The number of aromatic nitrogens is 1. The molecule has 0 atom stereocenters. The van der Waals surface area contributed by atoms with Crippen LogP contribution in [-0.2, 0) is 11.8 Å². The number of hydrogen-bond acceptors (Lipinski definition) is 1. The molecule has 0 bridgehead atoms. The van der Waals surface area contributed by atoms with Crippen molar-refractivity contribution in [1.82, 2.24) is 4.98 Å². The van der Waals surface area contributed by atoms with Gasteiger partial charge in [-0.05, 0) is 46.7 Å². The van der Waals surface area contributed by atoms with Crippen LogP contribution in [0.5, 0.6) is 0 Å². The molecule has 0 amide bonds. The maximum atomic E-state index is 4.79. The Bertz CT molecular complexity index is 817. The summed E-state index contributed by atoms with van der Waals surface area (Å²) >= 11 is 0. The summed E-state index contributed by atoms with van der Waals surface area (Å²) < 4.78 is 0. The fourth-order valence-corrected chi connectivity index (χ4v) is 4.32. The SMILES string of the molecule is c1cnc2c(c1)CCC21c2ccccc2-c2ccccc21. The van der Waals surface area contributed by atoms with E-state index in [4.69, 9.17) is 4.98 Å². The van der Waals surface area contributed by atoms with E-state index < -0.39 is 0 Å². The highest BCUT2D eigenvalue weighted by Gasteiger charge is 2.49. The minimum absolute atomic E-state index is 0.0240. The molecule has 1 nitrogen and oxygen atoms in total. The van der Waals surface area contributed by atoms with Crippen molar-refractivity contribution >= 4 is 0 Å². The first kappa shape index (κ1) is 11.3. The second kappa shape index (κ2) is 3.82. The zero-order valence-electron chi connectivity index (χ0n) is 11.7. The van der Waals surface area contributed by atoms with E-state index in [1.54, 1.807) is 0 Å². The first-order valence-electron chi connectivity index (χ1n) is 7.55. The lowest BCUT2D eigenvalue weighted by atomic mass is 9.76. The molecule has 0 fully saturated rings. The van der Waals surface area contributed by atoms with Gasteiger partial charge in [0.15, 0.2) is 0 Å². The predicted molar refractivity (Wildman–Crippen MR) is 84.3 cm³/mol. The number of pyridine rings is 1. The molecule has 0 saturated heterocycles. The second-order valence-electron chi connectivity index (χ2n) is 6.01. The predicted octanol–water partition coefficient (Wildman–Crippen LogP) is 4.34. The minimum atomic E-state index is -0.0240. The van der Waals surface area contributed by atoms with Crippen LogP contribution in [0.2, 0.25) is 0 Å². The van der Waals surface area contributed by atoms with Crippen LogP contribution >= 0.6 is 0 Å². The molecule has 0 saturated carbocycles. The van der Waals surface area contributed by atoms with Crippen LogP contribution in [0.4, 0.5) is 0 Å². The van der Waals surface area contributed by atoms with E-state index in [2.05, 4.69) is 60.7 Å². The normalized spacial score (nSPS) is 16.6. The van der Waals surface area contributed by atoms with Gasteiger partial charge < -0.3 is 0 Å². The quantitative estimate of drug-likeness (QED) is 0.591. The lowest BCUT2D eigenvalue weighted by Gasteiger charge is -2.27. The number of nitrogens with zero attached hydrogens (tertiary/aromatic N) is 1. The van der Waals surface area contributed by atoms with E-state index >= 15 is 0 Å². The van der Waals surface area contributed by atoms with Crippen LogP contribution < -0.4 is 0 Å². The lowest BCUT2D eigenvalue weighted by molar-refractivity contribution is 0.611. The highest BCUT2D eigenvalue weighted by Crippen LogP contribution is 2.57. The molecule has 0 radical (unpaired) electrons. The summed E-state index contributed by atoms with van der Waals surface area (Å²) in [6.45, 7) is 0. The zero-order valence-corrected chi connectivity index (χ0v) is 11.7. The molecule has 1 spiro atoms. The molecule has 1 heteroatoms. The van der Waals surface area contributed by atoms with Gasteiger partial charge in [0.1, 0.15) is 0 Å². The van der Waals surface area contributed by atoms with Gasteiger partial charge in [0.25, 0.3) is 0 Å². The molecule has 21 heavy (non-hydrogen) atoms. The molecular formula is C20H15N. The van der Waals surface area contributed by atoms with E-state index in [0.29, 0.717) is 0 Å². The molecule has 2 aromatic carbocycles. The van der Waals surface area contributed by atoms with Gasteiger partial charge in [-0.25, -0.2) is 0 Å². The maximum Gasteiger partial charge on any atom is 0.0641 e. The van der Waals surface area contributed by atoms with Crippen LogP contribution in [0.3, 0.4) is 0 Å². The molecule has 1 aromatic heterocycles. The van der Waals surface area contributed by atoms with Crippen LogP contribution in [0.25, 0.3) is 11.1 Å². The Morgan fingerprint density at radius 2 is 1.43 bits per heavy atom. The fraction of sp³-hybridized carbons (Fsp3) is 0.150. The van der Waals surface area contributed by atoms with Crippen molar-refractivity contribution in [2.45, 2.75) is 18.3 Å². The number of hydrogen-bond donors (Lipinski definition) is 0. The van der Waals surface area contributed by atoms with Crippen molar-refractivity contribution in [2.24, 2.45) is 0 Å². The van der Waals surface area contributed by atoms with E-state index in [0.717, 1.165) is 12.8 Å². The van der Waals surface area contributed by atoms with E-state index in [9.17, 15) is 0 Å². The topological polar surface area (TPSA) is 12.9 Å². The van der Waals surface area contributed by atoms with Gasteiger partial charge in [-0.3, -0.25) is 4.98 Å². The third-order valence-corrected chi connectivity index (χ3v) is 5.13. The molecule has 2 aliphatic carbocycles. The van der Waals surface area contributed by atoms with Crippen molar-refractivity contribution in [1.29, 1.82) is 0 Å². The Balaban J connectivity index is 1.94. The zero-order chi connectivity index (χ0) is 13.9. The molecule has 5 rings (SSSR count). The van der Waals surface area contributed by atoms with Crippen LogP contribution in [0.1, 0.15) is 28.8 Å². The molecule has 0 N–H and O–H groups in total. The summed E-state index contributed by atoms with van der Waals surface area (Å²) in [6, 6.07) is 22.0. The number of benzene rings is 2. The van der Waals surface area contributed by atoms with Gasteiger partial charge in [-0.1, -0.05) is 54.6 Å². The highest BCUT2D eigenvalue weighted by molar-refractivity contribution is 5.83. The van der Waals surface area contributed by atoms with Crippen molar-refractivity contribution in [2.75, 3.05) is 0 Å². The van der Waals surface area contributed by atoms with Crippen molar-refractivity contribution in [3.8, 4) is 11.1 Å². The molecule has 0 unspecified atom stereocenters. The average molecular weight is 269 g/mol. The molecule has 1 heterocycles. The van der Waals surface area contributed by atoms with Crippen molar-refractivity contribution < 1.29 is 0 Å². The Kier molecular flexibility index (Phi) is 2.05. The van der Waals surface area contributed by atoms with Gasteiger partial charge in [0.2, 0.25) is 0 Å². The smallest absolute Gasteiger partial charge is 0.0641 e. The van der Waals surface area contributed by atoms with Gasteiger partial charge in [-0.2, -0.15) is 0 Å². The standard InChI is InChI=1S/C20H15N/c1-3-9-17-15(7-1)16-8-2-4-10-18(16)20(17)12-11-14-6-5-13-21-19(14)20/h1-10,13H,11-12H2. The molecule has 0 aliphatic heterocycles. The Morgan fingerprint density at radius 1 is 0.762 bits per heavy atom. The van der Waals surface area contributed by atoms with Gasteiger partial charge in [0, 0.05) is 6.20 Å². The maximum absolute atomic E-state index is 4.79. The average Bonchev–Trinajstić information content (AvgIpc) is 3.08. The first-order valence-corrected chi connectivity index (χ1v) is 7.55. The fourth-order valence-electron chi connectivity index (χ4n) is 4.32. The second-order valence-corrected chi connectivity index (χ2v) is 6.01. The van der Waals surface area contributed by atoms with E-state index in [-0.39, 0.29) is 5.41 Å². The largest absolute Gasteiger partial charge is 0.260 e. The summed E-state index contributed by atoms with van der Waals surface area (Å²) in [6.07, 6.45) is 4.19. The number of aryl methyl sites for hydroxylation is 1. The number of fused-ring (bicyclic) bond motifs is 7. The summed E-state index contributed by atoms with van der Waals surface area (Å²) in [7, 11) is 0. The Morgan fingerprint density at radius 3 is 2.14 bits per heavy atom. The number of rotatable bonds is 0. The highest BCUT2D eigenvalue weighted by atomic mass is 14.7. The first-order chi connectivity index (χ1) is 10.4. The lowest BCUT2D eigenvalue weighted by Crippen LogP contribution is -2.24. The van der Waals surface area contributed by atoms with Gasteiger partial charge in [-0.15, -0.1) is 0 Å². The van der Waals surface area contributed by atoms with E-state index in [1.807, 2.05) is 6.20 Å². The van der Waals surface area contributed by atoms with Crippen LogP contribution in [0, 0.1) is 0 Å². The molecule has 100 valence electrons. The third-order valence-electron chi connectivity index (χ3n) is 5.13.